The van der Waals surface area contributed by atoms with Gasteiger partial charge in [0.25, 0.3) is 0 Å². The largest absolute Gasteiger partial charge is 0.459 e. The highest BCUT2D eigenvalue weighted by molar-refractivity contribution is 6.15. The number of hydrogen-bond donors (Lipinski definition) is 0. The molecule has 0 radical (unpaired) electrons. The third-order valence-corrected chi connectivity index (χ3v) is 7.85. The summed E-state index contributed by atoms with van der Waals surface area (Å²) in [4.78, 5) is 29.4. The number of nitriles is 1. The van der Waals surface area contributed by atoms with Crippen LogP contribution in [0.4, 0.5) is 0 Å². The summed E-state index contributed by atoms with van der Waals surface area (Å²) in [6.07, 6.45) is 12.9. The Balaban J connectivity index is 1.73. The smallest absolute Gasteiger partial charge is 0.346 e. The van der Waals surface area contributed by atoms with E-state index < -0.39 is 11.9 Å². The van der Waals surface area contributed by atoms with Crippen LogP contribution in [0.3, 0.4) is 0 Å². The molecule has 0 aromatic carbocycles. The molecule has 0 unspecified atom stereocenters. The van der Waals surface area contributed by atoms with E-state index in [1.807, 2.05) is 0 Å². The quantitative estimate of drug-likeness (QED) is 0.222. The van der Waals surface area contributed by atoms with Gasteiger partial charge in [-0.25, -0.2) is 9.59 Å². The predicted octanol–water partition coefficient (Wildman–Crippen LogP) is 5.73. The van der Waals surface area contributed by atoms with Gasteiger partial charge in [-0.15, -0.1) is 0 Å². The van der Waals surface area contributed by atoms with E-state index in [4.69, 9.17) is 9.47 Å². The average molecular weight is 469 g/mol. The number of carbonyl (C=O) groups is 2. The maximum atomic E-state index is 13.6. The van der Waals surface area contributed by atoms with E-state index in [-0.39, 0.29) is 23.2 Å². The third kappa shape index (κ3) is 5.85. The number of ether oxygens (including phenoxy) is 2. The van der Waals surface area contributed by atoms with Gasteiger partial charge in [0.05, 0.1) is 5.57 Å². The van der Waals surface area contributed by atoms with Crippen molar-refractivity contribution >= 4 is 11.9 Å². The Bertz CT molecular complexity index is 843. The Hall–Kier alpha value is -2.29. The summed E-state index contributed by atoms with van der Waals surface area (Å²) >= 11 is 0. The molecule has 34 heavy (non-hydrogen) atoms. The first-order chi connectivity index (χ1) is 16.4. The molecule has 0 aromatic heterocycles. The molecular weight excluding hydrogens is 428 g/mol. The molecule has 4 rings (SSSR count). The molecule has 0 N–H and O–H groups in total. The Morgan fingerprint density at radius 1 is 0.824 bits per heavy atom. The molecule has 0 amide bonds. The van der Waals surface area contributed by atoms with Crippen molar-refractivity contribution in [3.63, 3.8) is 0 Å². The molecule has 186 valence electrons. The minimum Gasteiger partial charge on any atom is -0.459 e. The maximum absolute atomic E-state index is 13.6. The minimum atomic E-state index is -0.603. The lowest BCUT2D eigenvalue weighted by Gasteiger charge is -2.37. The summed E-state index contributed by atoms with van der Waals surface area (Å²) in [5.41, 5.74) is 1.78. The molecule has 0 bridgehead atoms. The molecule has 1 aliphatic heterocycles. The molecule has 2 saturated carbocycles. The first-order valence-corrected chi connectivity index (χ1v) is 13.4. The van der Waals surface area contributed by atoms with Crippen molar-refractivity contribution < 1.29 is 19.1 Å². The number of carbonyl (C=O) groups excluding carboxylic acids is 2. The van der Waals surface area contributed by atoms with Crippen LogP contribution in [0, 0.1) is 16.7 Å². The van der Waals surface area contributed by atoms with E-state index in [9.17, 15) is 14.9 Å². The Morgan fingerprint density at radius 2 is 1.32 bits per heavy atom. The number of esters is 2. The fraction of sp³-hybridized carbons (Fsp3) is 0.750. The number of hydrogen-bond acceptors (Lipinski definition) is 6. The van der Waals surface area contributed by atoms with Crippen LogP contribution < -0.4 is 0 Å². The molecule has 3 fully saturated rings. The highest BCUT2D eigenvalue weighted by atomic mass is 16.6. The van der Waals surface area contributed by atoms with Gasteiger partial charge >= 0.3 is 11.9 Å². The van der Waals surface area contributed by atoms with Gasteiger partial charge in [-0.05, 0) is 88.0 Å². The van der Waals surface area contributed by atoms with Crippen molar-refractivity contribution in [1.29, 1.82) is 5.26 Å². The van der Waals surface area contributed by atoms with Gasteiger partial charge in [0.1, 0.15) is 23.9 Å². The second-order valence-corrected chi connectivity index (χ2v) is 11.3. The van der Waals surface area contributed by atoms with Crippen LogP contribution in [-0.2, 0) is 19.1 Å². The van der Waals surface area contributed by atoms with Crippen LogP contribution in [0.5, 0.6) is 0 Å². The second-order valence-electron chi connectivity index (χ2n) is 11.3. The van der Waals surface area contributed by atoms with Gasteiger partial charge in [0.2, 0.25) is 0 Å². The molecule has 4 aliphatic rings. The van der Waals surface area contributed by atoms with Gasteiger partial charge < -0.3 is 14.4 Å². The molecule has 6 nitrogen and oxygen atoms in total. The molecule has 1 heterocycles. The van der Waals surface area contributed by atoms with Crippen molar-refractivity contribution in [2.45, 2.75) is 116 Å². The highest BCUT2D eigenvalue weighted by Crippen LogP contribution is 2.45. The van der Waals surface area contributed by atoms with Crippen LogP contribution in [0.25, 0.3) is 0 Å². The normalized spacial score (nSPS) is 24.0. The zero-order valence-corrected chi connectivity index (χ0v) is 21.0. The zero-order valence-electron chi connectivity index (χ0n) is 21.0. The van der Waals surface area contributed by atoms with Crippen LogP contribution in [0.15, 0.2) is 22.4 Å². The molecule has 3 aliphatic carbocycles. The summed E-state index contributed by atoms with van der Waals surface area (Å²) in [6, 6.07) is 2.38. The Kier molecular flexibility index (Phi) is 8.01. The van der Waals surface area contributed by atoms with E-state index >= 15 is 0 Å². The monoisotopic (exact) mass is 468 g/mol. The van der Waals surface area contributed by atoms with Gasteiger partial charge in [-0.1, -0.05) is 26.7 Å². The summed E-state index contributed by atoms with van der Waals surface area (Å²) in [5.74, 6) is -1.21. The Labute approximate surface area is 204 Å². The third-order valence-electron chi connectivity index (χ3n) is 7.85. The lowest BCUT2D eigenvalue weighted by atomic mass is 9.72. The van der Waals surface area contributed by atoms with E-state index in [0.29, 0.717) is 17.6 Å². The molecule has 0 atom stereocenters. The zero-order chi connectivity index (χ0) is 24.1. The van der Waals surface area contributed by atoms with E-state index in [1.54, 1.807) is 0 Å². The van der Waals surface area contributed by atoms with E-state index in [2.05, 4.69) is 24.8 Å². The van der Waals surface area contributed by atoms with Crippen LogP contribution in [-0.4, -0.2) is 42.1 Å². The first-order valence-electron chi connectivity index (χ1n) is 13.4. The van der Waals surface area contributed by atoms with Crippen molar-refractivity contribution in [3.8, 4) is 6.07 Å². The fourth-order valence-corrected chi connectivity index (χ4v) is 6.06. The topological polar surface area (TPSA) is 79.6 Å². The summed E-state index contributed by atoms with van der Waals surface area (Å²) in [7, 11) is 0. The number of allylic oxidation sites excluding steroid dienone is 3. The lowest BCUT2D eigenvalue weighted by Crippen LogP contribution is -2.34. The van der Waals surface area contributed by atoms with Gasteiger partial charge in [-0.3, -0.25) is 0 Å². The number of rotatable bonds is 5. The second kappa shape index (κ2) is 11.0. The van der Waals surface area contributed by atoms with Gasteiger partial charge in [-0.2, -0.15) is 5.26 Å². The van der Waals surface area contributed by atoms with E-state index in [0.717, 1.165) is 102 Å². The molecule has 0 spiro atoms. The van der Waals surface area contributed by atoms with Crippen molar-refractivity contribution in [2.75, 3.05) is 13.1 Å². The Morgan fingerprint density at radius 3 is 1.79 bits per heavy atom. The highest BCUT2D eigenvalue weighted by Gasteiger charge is 2.40. The van der Waals surface area contributed by atoms with Gasteiger partial charge in [0.15, 0.2) is 0 Å². The van der Waals surface area contributed by atoms with Crippen LogP contribution in [0.2, 0.25) is 0 Å². The SMILES string of the molecule is CC1(C)CC(=C(C(=O)OC2CCCCC2)C(=O)OC2CCCCC2)C(C#N)=C(N2CCCC2)C1. The number of nitrogens with zero attached hydrogens (tertiary/aromatic N) is 2. The lowest BCUT2D eigenvalue weighted by molar-refractivity contribution is -0.154. The van der Waals surface area contributed by atoms with Crippen molar-refractivity contribution in [1.82, 2.24) is 4.90 Å². The first kappa shape index (κ1) is 24.8. The average Bonchev–Trinajstić information content (AvgIpc) is 3.35. The van der Waals surface area contributed by atoms with Crippen molar-refractivity contribution in [3.05, 3.63) is 22.4 Å². The van der Waals surface area contributed by atoms with E-state index in [1.165, 1.54) is 0 Å². The van der Waals surface area contributed by atoms with Crippen molar-refractivity contribution in [2.24, 2.45) is 5.41 Å². The standard InChI is InChI=1S/C28H40N2O4/c1-28(2)17-22(23(19-29)24(18-28)30-15-9-10-16-30)25(26(31)33-20-11-5-3-6-12-20)27(32)34-21-13-7-4-8-14-21/h20-21H,3-18H2,1-2H3. The maximum Gasteiger partial charge on any atom is 0.346 e. The minimum absolute atomic E-state index is 0.0304. The fourth-order valence-electron chi connectivity index (χ4n) is 6.06. The summed E-state index contributed by atoms with van der Waals surface area (Å²) in [5, 5.41) is 10.2. The summed E-state index contributed by atoms with van der Waals surface area (Å²) < 4.78 is 11.8. The van der Waals surface area contributed by atoms with Crippen LogP contribution >= 0.6 is 0 Å². The van der Waals surface area contributed by atoms with Gasteiger partial charge in [0, 0.05) is 18.8 Å². The summed E-state index contributed by atoms with van der Waals surface area (Å²) in [6.45, 7) is 6.12. The molecule has 6 heteroatoms. The van der Waals surface area contributed by atoms with Crippen LogP contribution in [0.1, 0.15) is 104 Å². The molecular formula is C28H40N2O4. The molecule has 0 aromatic rings. The predicted molar refractivity (Wildman–Crippen MR) is 129 cm³/mol. The molecule has 1 saturated heterocycles. The number of likely N-dealkylation sites (tertiary alicyclic amines) is 1.